The lowest BCUT2D eigenvalue weighted by Gasteiger charge is -2.39. The SMILES string of the molecule is CCCc1nc(NN)cc(NC2(C)CCC2)n1. The topological polar surface area (TPSA) is 75.9 Å². The Morgan fingerprint density at radius 3 is 2.59 bits per heavy atom. The van der Waals surface area contributed by atoms with Gasteiger partial charge in [0.25, 0.3) is 0 Å². The van der Waals surface area contributed by atoms with E-state index in [1.165, 1.54) is 19.3 Å². The van der Waals surface area contributed by atoms with Crippen molar-refractivity contribution in [3.63, 3.8) is 0 Å². The second-order valence-corrected chi connectivity index (χ2v) is 4.99. The van der Waals surface area contributed by atoms with Crippen molar-refractivity contribution >= 4 is 11.6 Å². The van der Waals surface area contributed by atoms with E-state index in [4.69, 9.17) is 5.84 Å². The molecule has 1 aliphatic rings. The molecule has 1 aromatic rings. The number of aryl methyl sites for hydroxylation is 1. The van der Waals surface area contributed by atoms with Gasteiger partial charge >= 0.3 is 0 Å². The first kappa shape index (κ1) is 12.1. The summed E-state index contributed by atoms with van der Waals surface area (Å²) in [6.07, 6.45) is 5.60. The maximum absolute atomic E-state index is 5.43. The molecule has 1 heterocycles. The van der Waals surface area contributed by atoms with Gasteiger partial charge in [0.05, 0.1) is 0 Å². The van der Waals surface area contributed by atoms with Gasteiger partial charge in [-0.05, 0) is 32.6 Å². The van der Waals surface area contributed by atoms with Gasteiger partial charge in [-0.2, -0.15) is 0 Å². The molecule has 5 nitrogen and oxygen atoms in total. The lowest BCUT2D eigenvalue weighted by atomic mass is 9.78. The summed E-state index contributed by atoms with van der Waals surface area (Å²) in [5.74, 6) is 7.82. The predicted octanol–water partition coefficient (Wildman–Crippen LogP) is 2.07. The largest absolute Gasteiger partial charge is 0.365 e. The van der Waals surface area contributed by atoms with Crippen LogP contribution in [0.2, 0.25) is 0 Å². The first-order chi connectivity index (χ1) is 8.15. The van der Waals surface area contributed by atoms with Crippen molar-refractivity contribution in [2.75, 3.05) is 10.7 Å². The summed E-state index contributed by atoms with van der Waals surface area (Å²) < 4.78 is 0. The summed E-state index contributed by atoms with van der Waals surface area (Å²) >= 11 is 0. The zero-order valence-corrected chi connectivity index (χ0v) is 10.6. The Kier molecular flexibility index (Phi) is 3.47. The summed E-state index contributed by atoms with van der Waals surface area (Å²) in [6, 6.07) is 1.86. The molecule has 1 aromatic heterocycles. The zero-order chi connectivity index (χ0) is 12.3. The standard InChI is InChI=1S/C12H21N5/c1-3-5-9-14-10(8-11(15-9)17-13)16-12(2)6-4-7-12/h8H,3-7,13H2,1-2H3,(H2,14,15,16,17). The van der Waals surface area contributed by atoms with Crippen molar-refractivity contribution in [1.82, 2.24) is 9.97 Å². The molecule has 0 aliphatic heterocycles. The Balaban J connectivity index is 2.16. The van der Waals surface area contributed by atoms with Crippen molar-refractivity contribution in [1.29, 1.82) is 0 Å². The van der Waals surface area contributed by atoms with Crippen LogP contribution in [0.1, 0.15) is 45.4 Å². The fourth-order valence-electron chi connectivity index (χ4n) is 2.11. The van der Waals surface area contributed by atoms with E-state index in [1.54, 1.807) is 0 Å². The molecule has 5 heteroatoms. The molecule has 0 aromatic carbocycles. The molecule has 0 spiro atoms. The van der Waals surface area contributed by atoms with Crippen molar-refractivity contribution in [3.05, 3.63) is 11.9 Å². The van der Waals surface area contributed by atoms with Crippen LogP contribution in [-0.2, 0) is 6.42 Å². The highest BCUT2D eigenvalue weighted by Crippen LogP contribution is 2.34. The number of nitrogens with two attached hydrogens (primary N) is 1. The average Bonchev–Trinajstić information content (AvgIpc) is 2.27. The zero-order valence-electron chi connectivity index (χ0n) is 10.6. The third-order valence-corrected chi connectivity index (χ3v) is 3.28. The third kappa shape index (κ3) is 2.85. The van der Waals surface area contributed by atoms with Gasteiger partial charge in [0, 0.05) is 18.0 Å². The maximum atomic E-state index is 5.43. The number of rotatable bonds is 5. The molecule has 0 atom stereocenters. The number of nitrogens with zero attached hydrogens (tertiary/aromatic N) is 2. The molecule has 1 saturated carbocycles. The molecular weight excluding hydrogens is 214 g/mol. The first-order valence-electron chi connectivity index (χ1n) is 6.28. The monoisotopic (exact) mass is 235 g/mol. The van der Waals surface area contributed by atoms with Crippen LogP contribution >= 0.6 is 0 Å². The summed E-state index contributed by atoms with van der Waals surface area (Å²) in [4.78, 5) is 8.85. The number of anilines is 2. The van der Waals surface area contributed by atoms with Crippen LogP contribution in [0.3, 0.4) is 0 Å². The molecule has 94 valence electrons. The van der Waals surface area contributed by atoms with E-state index in [0.717, 1.165) is 24.5 Å². The molecular formula is C12H21N5. The van der Waals surface area contributed by atoms with Crippen LogP contribution in [0.5, 0.6) is 0 Å². The molecule has 1 fully saturated rings. The van der Waals surface area contributed by atoms with Crippen LogP contribution in [-0.4, -0.2) is 15.5 Å². The van der Waals surface area contributed by atoms with Gasteiger partial charge in [-0.1, -0.05) is 6.92 Å². The van der Waals surface area contributed by atoms with Gasteiger partial charge in [-0.3, -0.25) is 0 Å². The number of aromatic nitrogens is 2. The van der Waals surface area contributed by atoms with E-state index in [-0.39, 0.29) is 5.54 Å². The quantitative estimate of drug-likeness (QED) is 0.538. The minimum Gasteiger partial charge on any atom is -0.365 e. The van der Waals surface area contributed by atoms with Crippen LogP contribution < -0.4 is 16.6 Å². The van der Waals surface area contributed by atoms with Crippen molar-refractivity contribution in [2.45, 2.75) is 51.5 Å². The van der Waals surface area contributed by atoms with E-state index in [1.807, 2.05) is 6.07 Å². The molecule has 0 radical (unpaired) electrons. The number of hydrogen-bond donors (Lipinski definition) is 3. The summed E-state index contributed by atoms with van der Waals surface area (Å²) in [5.41, 5.74) is 2.79. The smallest absolute Gasteiger partial charge is 0.145 e. The fourth-order valence-corrected chi connectivity index (χ4v) is 2.11. The van der Waals surface area contributed by atoms with E-state index < -0.39 is 0 Å². The van der Waals surface area contributed by atoms with Crippen LogP contribution in [0.25, 0.3) is 0 Å². The Labute approximate surface area is 102 Å². The van der Waals surface area contributed by atoms with Crippen LogP contribution in [0, 0.1) is 0 Å². The summed E-state index contributed by atoms with van der Waals surface area (Å²) in [7, 11) is 0. The minimum absolute atomic E-state index is 0.198. The van der Waals surface area contributed by atoms with Crippen molar-refractivity contribution in [2.24, 2.45) is 5.84 Å². The Hall–Kier alpha value is -1.36. The van der Waals surface area contributed by atoms with E-state index in [0.29, 0.717) is 5.82 Å². The molecule has 0 saturated heterocycles. The second-order valence-electron chi connectivity index (χ2n) is 4.99. The van der Waals surface area contributed by atoms with E-state index >= 15 is 0 Å². The lowest BCUT2D eigenvalue weighted by molar-refractivity contribution is 0.305. The first-order valence-corrected chi connectivity index (χ1v) is 6.28. The Morgan fingerprint density at radius 2 is 2.06 bits per heavy atom. The molecule has 4 N–H and O–H groups in total. The fraction of sp³-hybridized carbons (Fsp3) is 0.667. The van der Waals surface area contributed by atoms with Crippen molar-refractivity contribution < 1.29 is 0 Å². The van der Waals surface area contributed by atoms with Gasteiger partial charge in [0.15, 0.2) is 0 Å². The highest BCUT2D eigenvalue weighted by atomic mass is 15.3. The molecule has 0 unspecified atom stereocenters. The molecule has 2 rings (SSSR count). The number of nitrogens with one attached hydrogen (secondary N) is 2. The maximum Gasteiger partial charge on any atom is 0.145 e. The molecule has 1 aliphatic carbocycles. The van der Waals surface area contributed by atoms with Crippen molar-refractivity contribution in [3.8, 4) is 0 Å². The van der Waals surface area contributed by atoms with E-state index in [2.05, 4.69) is 34.6 Å². The third-order valence-electron chi connectivity index (χ3n) is 3.28. The van der Waals surface area contributed by atoms with Crippen LogP contribution in [0.15, 0.2) is 6.07 Å². The second kappa shape index (κ2) is 4.87. The molecule has 0 amide bonds. The van der Waals surface area contributed by atoms with E-state index in [9.17, 15) is 0 Å². The number of nitrogen functional groups attached to an aromatic ring is 1. The van der Waals surface area contributed by atoms with Gasteiger partial charge in [0.1, 0.15) is 17.5 Å². The number of hydrazine groups is 1. The Bertz CT molecular complexity index is 386. The summed E-state index contributed by atoms with van der Waals surface area (Å²) in [6.45, 7) is 4.35. The minimum atomic E-state index is 0.198. The van der Waals surface area contributed by atoms with Gasteiger partial charge in [0.2, 0.25) is 0 Å². The normalized spacial score (nSPS) is 17.4. The predicted molar refractivity (Wildman–Crippen MR) is 69.7 cm³/mol. The highest BCUT2D eigenvalue weighted by Gasteiger charge is 2.31. The Morgan fingerprint density at radius 1 is 1.35 bits per heavy atom. The van der Waals surface area contributed by atoms with Gasteiger partial charge in [-0.15, -0.1) is 0 Å². The highest BCUT2D eigenvalue weighted by molar-refractivity contribution is 5.48. The molecule has 17 heavy (non-hydrogen) atoms. The van der Waals surface area contributed by atoms with Gasteiger partial charge < -0.3 is 10.7 Å². The van der Waals surface area contributed by atoms with Gasteiger partial charge in [-0.25, -0.2) is 15.8 Å². The molecule has 0 bridgehead atoms. The summed E-state index contributed by atoms with van der Waals surface area (Å²) in [5, 5.41) is 3.48. The average molecular weight is 235 g/mol. The van der Waals surface area contributed by atoms with Crippen LogP contribution in [0.4, 0.5) is 11.6 Å². The number of hydrogen-bond acceptors (Lipinski definition) is 5. The lowest BCUT2D eigenvalue weighted by Crippen LogP contribution is -2.42.